The Morgan fingerprint density at radius 3 is 2.30 bits per heavy atom. The number of hydrogen-bond acceptors (Lipinski definition) is 3. The molecule has 0 rings (SSSR count). The van der Waals surface area contributed by atoms with Crippen LogP contribution in [0, 0.1) is 23.7 Å². The second-order valence-electron chi connectivity index (χ2n) is 4.68. The Hall–Kier alpha value is -1.26. The molecule has 112 valence electrons. The van der Waals surface area contributed by atoms with Gasteiger partial charge in [0.05, 0.1) is 0 Å². The Balaban J connectivity index is 4.02. The topological polar surface area (TPSA) is 60.7 Å². The van der Waals surface area contributed by atoms with E-state index in [-0.39, 0.29) is 0 Å². The Labute approximate surface area is 122 Å². The smallest absolute Gasteiger partial charge is 0.145 e. The first-order valence-electron chi connectivity index (χ1n) is 7.33. The van der Waals surface area contributed by atoms with Crippen LogP contribution in [0.1, 0.15) is 52.4 Å². The average Bonchev–Trinajstić information content (AvgIpc) is 2.46. The maximum absolute atomic E-state index is 9.64. The van der Waals surface area contributed by atoms with Crippen LogP contribution in [0.25, 0.3) is 0 Å². The minimum absolute atomic E-state index is 0.542. The van der Waals surface area contributed by atoms with E-state index in [1.165, 1.54) is 19.3 Å². The summed E-state index contributed by atoms with van der Waals surface area (Å²) in [4.78, 5) is 0. The van der Waals surface area contributed by atoms with Crippen molar-refractivity contribution in [2.75, 3.05) is 0 Å². The van der Waals surface area contributed by atoms with Crippen LogP contribution in [0.15, 0.2) is 12.2 Å². The summed E-state index contributed by atoms with van der Waals surface area (Å²) in [5.74, 6) is 9.85. The van der Waals surface area contributed by atoms with E-state index in [4.69, 9.17) is 0 Å². The molecule has 0 amide bonds. The van der Waals surface area contributed by atoms with Gasteiger partial charge >= 0.3 is 0 Å². The highest BCUT2D eigenvalue weighted by Gasteiger charge is 2.08. The number of hydrogen-bond donors (Lipinski definition) is 3. The summed E-state index contributed by atoms with van der Waals surface area (Å²) >= 11 is 0. The second-order valence-corrected chi connectivity index (χ2v) is 4.68. The van der Waals surface area contributed by atoms with Gasteiger partial charge in [-0.3, -0.25) is 0 Å². The van der Waals surface area contributed by atoms with Crippen molar-refractivity contribution in [2.45, 2.75) is 70.7 Å². The lowest BCUT2D eigenvalue weighted by Gasteiger charge is -2.06. The molecule has 0 aliphatic rings. The molecule has 3 nitrogen and oxygen atoms in total. The molecule has 3 unspecified atom stereocenters. The van der Waals surface area contributed by atoms with Crippen LogP contribution >= 0.6 is 0 Å². The van der Waals surface area contributed by atoms with Crippen LogP contribution in [-0.2, 0) is 0 Å². The van der Waals surface area contributed by atoms with Crippen molar-refractivity contribution < 1.29 is 15.3 Å². The molecule has 0 fully saturated rings. The van der Waals surface area contributed by atoms with E-state index in [9.17, 15) is 15.3 Å². The second kappa shape index (κ2) is 12.8. The molecule has 0 aromatic rings. The van der Waals surface area contributed by atoms with E-state index in [0.717, 1.165) is 12.8 Å². The van der Waals surface area contributed by atoms with Crippen molar-refractivity contribution in [3.05, 3.63) is 12.2 Å². The first-order chi connectivity index (χ1) is 9.61. The molecule has 0 aromatic carbocycles. The quantitative estimate of drug-likeness (QED) is 0.361. The molecule has 0 aliphatic carbocycles. The van der Waals surface area contributed by atoms with Gasteiger partial charge < -0.3 is 15.3 Å². The van der Waals surface area contributed by atoms with E-state index in [0.29, 0.717) is 6.42 Å². The summed E-state index contributed by atoms with van der Waals surface area (Å²) in [7, 11) is 0. The Morgan fingerprint density at radius 1 is 0.950 bits per heavy atom. The average molecular weight is 278 g/mol. The third-order valence-electron chi connectivity index (χ3n) is 2.79. The van der Waals surface area contributed by atoms with Crippen molar-refractivity contribution in [1.29, 1.82) is 0 Å². The summed E-state index contributed by atoms with van der Waals surface area (Å²) in [5.41, 5.74) is 0. The molecule has 20 heavy (non-hydrogen) atoms. The SMILES string of the molecule is CCCCCCC=CC(O)C(O)C#CC#CC(O)CC. The number of aliphatic hydroxyl groups excluding tert-OH is 3. The first-order valence-corrected chi connectivity index (χ1v) is 7.33. The molecule has 0 bridgehead atoms. The van der Waals surface area contributed by atoms with Crippen molar-refractivity contribution in [3.8, 4) is 23.7 Å². The van der Waals surface area contributed by atoms with E-state index < -0.39 is 18.3 Å². The minimum Gasteiger partial charge on any atom is -0.385 e. The highest BCUT2D eigenvalue weighted by Crippen LogP contribution is 2.04. The van der Waals surface area contributed by atoms with Gasteiger partial charge in [-0.05, 0) is 31.1 Å². The van der Waals surface area contributed by atoms with Gasteiger partial charge in [0.1, 0.15) is 18.3 Å². The lowest BCUT2D eigenvalue weighted by molar-refractivity contribution is 0.0868. The molecule has 3 N–H and O–H groups in total. The Kier molecular flexibility index (Phi) is 12.0. The number of allylic oxidation sites excluding steroid dienone is 1. The Bertz CT molecular complexity index is 379. The van der Waals surface area contributed by atoms with Gasteiger partial charge in [-0.25, -0.2) is 0 Å². The molecule has 0 aliphatic heterocycles. The minimum atomic E-state index is -1.14. The van der Waals surface area contributed by atoms with Crippen LogP contribution < -0.4 is 0 Å². The third-order valence-corrected chi connectivity index (χ3v) is 2.79. The third kappa shape index (κ3) is 10.6. The van der Waals surface area contributed by atoms with Crippen LogP contribution in [0.4, 0.5) is 0 Å². The lowest BCUT2D eigenvalue weighted by Crippen LogP contribution is -2.21. The molecule has 0 heterocycles. The van der Waals surface area contributed by atoms with Gasteiger partial charge in [-0.15, -0.1) is 0 Å². The number of unbranched alkanes of at least 4 members (excludes halogenated alkanes) is 4. The standard InChI is InChI=1S/C17H26O3/c1-3-5-6-7-8-9-13-16(19)17(20)14-11-10-12-15(18)4-2/h9,13,15-20H,3-8H2,1-2H3. The van der Waals surface area contributed by atoms with E-state index >= 15 is 0 Å². The maximum atomic E-state index is 9.64. The molecule has 0 radical (unpaired) electrons. The molecule has 0 saturated carbocycles. The lowest BCUT2D eigenvalue weighted by atomic mass is 10.1. The number of rotatable bonds is 8. The largest absolute Gasteiger partial charge is 0.385 e. The summed E-state index contributed by atoms with van der Waals surface area (Å²) < 4.78 is 0. The van der Waals surface area contributed by atoms with Crippen LogP contribution in [0.2, 0.25) is 0 Å². The number of aliphatic hydroxyl groups is 3. The predicted octanol–water partition coefficient (Wildman–Crippen LogP) is 2.01. The summed E-state index contributed by atoms with van der Waals surface area (Å²) in [6.07, 6.45) is 6.78. The van der Waals surface area contributed by atoms with Crippen LogP contribution in [-0.4, -0.2) is 33.6 Å². The van der Waals surface area contributed by atoms with E-state index in [2.05, 4.69) is 30.6 Å². The fourth-order valence-electron chi connectivity index (χ4n) is 1.45. The zero-order valence-electron chi connectivity index (χ0n) is 12.5. The van der Waals surface area contributed by atoms with Gasteiger partial charge in [0, 0.05) is 0 Å². The van der Waals surface area contributed by atoms with Crippen molar-refractivity contribution in [1.82, 2.24) is 0 Å². The summed E-state index contributed by atoms with van der Waals surface area (Å²) in [6.45, 7) is 3.98. The normalized spacial score (nSPS) is 14.8. The molecular formula is C17H26O3. The fraction of sp³-hybridized carbons (Fsp3) is 0.647. The molecule has 3 heteroatoms. The molecule has 3 atom stereocenters. The zero-order chi connectivity index (χ0) is 15.2. The van der Waals surface area contributed by atoms with Crippen LogP contribution in [0.3, 0.4) is 0 Å². The van der Waals surface area contributed by atoms with Crippen molar-refractivity contribution in [3.63, 3.8) is 0 Å². The maximum Gasteiger partial charge on any atom is 0.145 e. The van der Waals surface area contributed by atoms with Gasteiger partial charge in [-0.1, -0.05) is 57.1 Å². The first kappa shape index (κ1) is 18.7. The van der Waals surface area contributed by atoms with Gasteiger partial charge in [0.15, 0.2) is 0 Å². The monoisotopic (exact) mass is 278 g/mol. The van der Waals surface area contributed by atoms with Gasteiger partial charge in [0.2, 0.25) is 0 Å². The summed E-state index contributed by atoms with van der Waals surface area (Å²) in [6, 6.07) is 0. The van der Waals surface area contributed by atoms with Gasteiger partial charge in [0.25, 0.3) is 0 Å². The highest BCUT2D eigenvalue weighted by atomic mass is 16.3. The fourth-order valence-corrected chi connectivity index (χ4v) is 1.45. The molecule has 0 spiro atoms. The summed E-state index contributed by atoms with van der Waals surface area (Å²) in [5, 5.41) is 28.4. The highest BCUT2D eigenvalue weighted by molar-refractivity contribution is 5.29. The van der Waals surface area contributed by atoms with Crippen molar-refractivity contribution >= 4 is 0 Å². The van der Waals surface area contributed by atoms with Crippen molar-refractivity contribution in [2.24, 2.45) is 0 Å². The molecule has 0 saturated heterocycles. The zero-order valence-corrected chi connectivity index (χ0v) is 12.5. The van der Waals surface area contributed by atoms with E-state index in [1.54, 1.807) is 6.08 Å². The molecule has 0 aromatic heterocycles. The van der Waals surface area contributed by atoms with Gasteiger partial charge in [-0.2, -0.15) is 0 Å². The molecular weight excluding hydrogens is 252 g/mol. The Morgan fingerprint density at radius 2 is 1.65 bits per heavy atom. The van der Waals surface area contributed by atoms with Crippen LogP contribution in [0.5, 0.6) is 0 Å². The predicted molar refractivity (Wildman–Crippen MR) is 81.8 cm³/mol. The van der Waals surface area contributed by atoms with E-state index in [1.807, 2.05) is 13.0 Å².